The van der Waals surface area contributed by atoms with Gasteiger partial charge in [0.25, 0.3) is 11.6 Å². The molecule has 0 saturated carbocycles. The lowest BCUT2D eigenvalue weighted by Gasteiger charge is -2.11. The monoisotopic (exact) mass is 328 g/mol. The van der Waals surface area contributed by atoms with Crippen molar-refractivity contribution in [3.05, 3.63) is 63.7 Å². The van der Waals surface area contributed by atoms with E-state index in [1.165, 1.54) is 18.2 Å². The number of nitro groups is 1. The fraction of sp³-hybridized carbons (Fsp3) is 0.278. The predicted octanol–water partition coefficient (Wildman–Crippen LogP) is 4.23. The number of benzene rings is 2. The first-order chi connectivity index (χ1) is 11.5. The summed E-state index contributed by atoms with van der Waals surface area (Å²) < 4.78 is 5.74. The molecule has 0 fully saturated rings. The Hall–Kier alpha value is -2.89. The molecular formula is C18H20N2O4. The summed E-state index contributed by atoms with van der Waals surface area (Å²) in [5.74, 6) is 0.477. The second-order valence-corrected chi connectivity index (χ2v) is 5.46. The van der Waals surface area contributed by atoms with Crippen LogP contribution in [-0.2, 0) is 0 Å². The summed E-state index contributed by atoms with van der Waals surface area (Å²) in [6, 6.07) is 11.4. The van der Waals surface area contributed by atoms with Crippen LogP contribution in [0.1, 0.15) is 35.7 Å². The van der Waals surface area contributed by atoms with E-state index in [9.17, 15) is 14.9 Å². The lowest BCUT2D eigenvalue weighted by molar-refractivity contribution is -0.384. The normalized spacial score (nSPS) is 10.2. The summed E-state index contributed by atoms with van der Waals surface area (Å²) in [6.45, 7) is 4.50. The highest BCUT2D eigenvalue weighted by Crippen LogP contribution is 2.29. The van der Waals surface area contributed by atoms with Gasteiger partial charge in [-0.2, -0.15) is 0 Å². The van der Waals surface area contributed by atoms with Gasteiger partial charge in [0.15, 0.2) is 0 Å². The number of nitro benzene ring substituents is 1. The summed E-state index contributed by atoms with van der Waals surface area (Å²) in [6.07, 6.45) is 1.79. The van der Waals surface area contributed by atoms with E-state index in [4.69, 9.17) is 4.74 Å². The molecule has 2 rings (SSSR count). The van der Waals surface area contributed by atoms with Gasteiger partial charge in [-0.1, -0.05) is 31.0 Å². The van der Waals surface area contributed by atoms with Gasteiger partial charge in [-0.15, -0.1) is 0 Å². The number of ether oxygens (including phenoxy) is 1. The third kappa shape index (κ3) is 4.55. The fourth-order valence-corrected chi connectivity index (χ4v) is 2.11. The van der Waals surface area contributed by atoms with Crippen molar-refractivity contribution >= 4 is 11.6 Å². The molecule has 0 bridgehead atoms. The first-order valence-corrected chi connectivity index (χ1v) is 7.82. The van der Waals surface area contributed by atoms with E-state index in [0.29, 0.717) is 18.0 Å². The maximum absolute atomic E-state index is 12.3. The van der Waals surface area contributed by atoms with Gasteiger partial charge in [0, 0.05) is 18.7 Å². The number of carbonyl (C=O) groups excluding carboxylic acids is 1. The van der Waals surface area contributed by atoms with Crippen LogP contribution in [0.25, 0.3) is 0 Å². The number of nitrogens with one attached hydrogen (secondary N) is 1. The number of unbranched alkanes of at least 4 members (excludes halogenated alkanes) is 1. The largest absolute Gasteiger partial charge is 0.457 e. The van der Waals surface area contributed by atoms with Crippen LogP contribution in [0.2, 0.25) is 0 Å². The minimum absolute atomic E-state index is 0.146. The number of rotatable bonds is 7. The third-order valence-corrected chi connectivity index (χ3v) is 3.48. The lowest BCUT2D eigenvalue weighted by Crippen LogP contribution is -2.24. The third-order valence-electron chi connectivity index (χ3n) is 3.48. The van der Waals surface area contributed by atoms with Gasteiger partial charge in [-0.05, 0) is 31.5 Å². The molecule has 2 aromatic rings. The highest BCUT2D eigenvalue weighted by molar-refractivity contribution is 5.97. The number of non-ortho nitro benzene ring substituents is 1. The van der Waals surface area contributed by atoms with Gasteiger partial charge in [0.1, 0.15) is 11.5 Å². The highest BCUT2D eigenvalue weighted by Gasteiger charge is 2.18. The van der Waals surface area contributed by atoms with Crippen LogP contribution in [0, 0.1) is 17.0 Å². The molecule has 126 valence electrons. The molecule has 2 aromatic carbocycles. The van der Waals surface area contributed by atoms with Gasteiger partial charge in [-0.25, -0.2) is 0 Å². The molecule has 0 unspecified atom stereocenters. The highest BCUT2D eigenvalue weighted by atomic mass is 16.6. The zero-order valence-electron chi connectivity index (χ0n) is 13.7. The lowest BCUT2D eigenvalue weighted by atomic mass is 10.1. The molecule has 1 amide bonds. The SMILES string of the molecule is CCCCNC(=O)c1cc([N+](=O)[O-])ccc1Oc1ccc(C)cc1. The molecule has 6 heteroatoms. The average Bonchev–Trinajstić information content (AvgIpc) is 2.57. The minimum atomic E-state index is -0.529. The van der Waals surface area contributed by atoms with Crippen molar-refractivity contribution in [3.63, 3.8) is 0 Å². The van der Waals surface area contributed by atoms with Gasteiger partial charge in [0.05, 0.1) is 10.5 Å². The average molecular weight is 328 g/mol. The van der Waals surface area contributed by atoms with Crippen molar-refractivity contribution in [2.45, 2.75) is 26.7 Å². The zero-order chi connectivity index (χ0) is 17.5. The molecular weight excluding hydrogens is 308 g/mol. The molecule has 0 heterocycles. The van der Waals surface area contributed by atoms with Crippen LogP contribution in [0.5, 0.6) is 11.5 Å². The molecule has 0 aliphatic rings. The Morgan fingerprint density at radius 2 is 1.92 bits per heavy atom. The Morgan fingerprint density at radius 3 is 2.54 bits per heavy atom. The van der Waals surface area contributed by atoms with Crippen LogP contribution in [0.4, 0.5) is 5.69 Å². The number of carbonyl (C=O) groups is 1. The van der Waals surface area contributed by atoms with Gasteiger partial charge in [-0.3, -0.25) is 14.9 Å². The van der Waals surface area contributed by atoms with Crippen molar-refractivity contribution in [2.75, 3.05) is 6.54 Å². The molecule has 0 radical (unpaired) electrons. The van der Waals surface area contributed by atoms with Crippen molar-refractivity contribution in [1.29, 1.82) is 0 Å². The van der Waals surface area contributed by atoms with Crippen molar-refractivity contribution < 1.29 is 14.5 Å². The molecule has 0 aromatic heterocycles. The molecule has 1 N–H and O–H groups in total. The quantitative estimate of drug-likeness (QED) is 0.468. The van der Waals surface area contributed by atoms with E-state index in [2.05, 4.69) is 5.32 Å². The van der Waals surface area contributed by atoms with Gasteiger partial charge < -0.3 is 10.1 Å². The molecule has 0 aliphatic carbocycles. The number of hydrogen-bond donors (Lipinski definition) is 1. The molecule has 6 nitrogen and oxygen atoms in total. The summed E-state index contributed by atoms with van der Waals surface area (Å²) in [5, 5.41) is 13.7. The summed E-state index contributed by atoms with van der Waals surface area (Å²) in [7, 11) is 0. The van der Waals surface area contributed by atoms with Gasteiger partial charge in [0.2, 0.25) is 0 Å². The maximum atomic E-state index is 12.3. The van der Waals surface area contributed by atoms with Crippen LogP contribution >= 0.6 is 0 Å². The number of nitrogens with zero attached hydrogens (tertiary/aromatic N) is 1. The first-order valence-electron chi connectivity index (χ1n) is 7.82. The topological polar surface area (TPSA) is 81.5 Å². The van der Waals surface area contributed by atoms with Crippen molar-refractivity contribution in [3.8, 4) is 11.5 Å². The molecule has 0 saturated heterocycles. The zero-order valence-corrected chi connectivity index (χ0v) is 13.7. The number of hydrogen-bond acceptors (Lipinski definition) is 4. The Morgan fingerprint density at radius 1 is 1.21 bits per heavy atom. The molecule has 0 atom stereocenters. The van der Waals surface area contributed by atoms with E-state index in [1.807, 2.05) is 26.0 Å². The predicted molar refractivity (Wildman–Crippen MR) is 91.6 cm³/mol. The van der Waals surface area contributed by atoms with Crippen LogP contribution < -0.4 is 10.1 Å². The first kappa shape index (κ1) is 17.5. The van der Waals surface area contributed by atoms with E-state index in [1.54, 1.807) is 12.1 Å². The Balaban J connectivity index is 2.29. The Bertz CT molecular complexity index is 726. The van der Waals surface area contributed by atoms with Crippen molar-refractivity contribution in [2.24, 2.45) is 0 Å². The van der Waals surface area contributed by atoms with Crippen LogP contribution in [0.3, 0.4) is 0 Å². The van der Waals surface area contributed by atoms with E-state index in [-0.39, 0.29) is 17.2 Å². The Labute approximate surface area is 140 Å². The minimum Gasteiger partial charge on any atom is -0.457 e. The second kappa shape index (κ2) is 8.10. The molecule has 0 aliphatic heterocycles. The summed E-state index contributed by atoms with van der Waals surface area (Å²) >= 11 is 0. The second-order valence-electron chi connectivity index (χ2n) is 5.46. The molecule has 0 spiro atoms. The Kier molecular flexibility index (Phi) is 5.89. The van der Waals surface area contributed by atoms with E-state index >= 15 is 0 Å². The van der Waals surface area contributed by atoms with Crippen molar-refractivity contribution in [1.82, 2.24) is 5.32 Å². The van der Waals surface area contributed by atoms with E-state index in [0.717, 1.165) is 18.4 Å². The fourth-order valence-electron chi connectivity index (χ4n) is 2.11. The smallest absolute Gasteiger partial charge is 0.270 e. The number of aryl methyl sites for hydroxylation is 1. The summed E-state index contributed by atoms with van der Waals surface area (Å²) in [4.78, 5) is 22.8. The maximum Gasteiger partial charge on any atom is 0.270 e. The molecule has 24 heavy (non-hydrogen) atoms. The van der Waals surface area contributed by atoms with Crippen LogP contribution in [-0.4, -0.2) is 17.4 Å². The van der Waals surface area contributed by atoms with Crippen LogP contribution in [0.15, 0.2) is 42.5 Å². The summed E-state index contributed by atoms with van der Waals surface area (Å²) in [5.41, 5.74) is 1.09. The number of amides is 1. The van der Waals surface area contributed by atoms with E-state index < -0.39 is 4.92 Å². The standard InChI is InChI=1S/C18H20N2O4/c1-3-4-11-19-18(21)16-12-14(20(22)23)7-10-17(16)24-15-8-5-13(2)6-9-15/h5-10,12H,3-4,11H2,1-2H3,(H,19,21). The van der Waals surface area contributed by atoms with Gasteiger partial charge >= 0.3 is 0 Å².